The van der Waals surface area contributed by atoms with Gasteiger partial charge in [-0.15, -0.1) is 0 Å². The van der Waals surface area contributed by atoms with E-state index in [9.17, 15) is 9.18 Å². The van der Waals surface area contributed by atoms with Crippen molar-refractivity contribution in [1.82, 2.24) is 9.55 Å². The molecular weight excluding hydrogens is 299 g/mol. The molecule has 3 aromatic rings. The molecule has 0 spiro atoms. The number of nitrogens with one attached hydrogen (secondary N) is 1. The molecule has 6 heteroatoms. The van der Waals surface area contributed by atoms with Crippen LogP contribution in [0.4, 0.5) is 4.39 Å². The summed E-state index contributed by atoms with van der Waals surface area (Å²) in [5, 5.41) is 0.713. The van der Waals surface area contributed by atoms with Crippen molar-refractivity contribution in [1.29, 1.82) is 0 Å². The molecule has 0 fully saturated rings. The van der Waals surface area contributed by atoms with Crippen molar-refractivity contribution in [2.75, 3.05) is 0 Å². The zero-order chi connectivity index (χ0) is 14.3. The van der Waals surface area contributed by atoms with Crippen LogP contribution in [0.5, 0.6) is 0 Å². The smallest absolute Gasteiger partial charge is 0.266 e. The lowest BCUT2D eigenvalue weighted by atomic mass is 10.2. The number of fused-ring (bicyclic) bond motifs is 1. The number of nitrogens with zero attached hydrogens (tertiary/aromatic N) is 1. The summed E-state index contributed by atoms with van der Waals surface area (Å²) in [6.45, 7) is 0. The highest BCUT2D eigenvalue weighted by Gasteiger charge is 2.11. The SMILES string of the molecule is O=c1c2ccccc2[nH]c(=S)n1-c1cc(F)ccc1Cl. The van der Waals surface area contributed by atoms with Gasteiger partial charge < -0.3 is 4.98 Å². The minimum atomic E-state index is -0.487. The van der Waals surface area contributed by atoms with Crippen LogP contribution in [0.1, 0.15) is 0 Å². The summed E-state index contributed by atoms with van der Waals surface area (Å²) in [6, 6.07) is 10.8. The molecule has 0 saturated carbocycles. The van der Waals surface area contributed by atoms with Gasteiger partial charge in [-0.3, -0.25) is 9.36 Å². The van der Waals surface area contributed by atoms with E-state index < -0.39 is 5.82 Å². The van der Waals surface area contributed by atoms with Gasteiger partial charge in [0.05, 0.1) is 21.6 Å². The molecule has 0 radical (unpaired) electrons. The van der Waals surface area contributed by atoms with Gasteiger partial charge in [-0.05, 0) is 42.5 Å². The molecule has 0 aliphatic heterocycles. The molecule has 2 aromatic carbocycles. The fourth-order valence-corrected chi connectivity index (χ4v) is 2.53. The topological polar surface area (TPSA) is 37.8 Å². The number of H-pyrrole nitrogens is 1. The van der Waals surface area contributed by atoms with Crippen molar-refractivity contribution in [3.63, 3.8) is 0 Å². The average molecular weight is 307 g/mol. The third kappa shape index (κ3) is 2.05. The van der Waals surface area contributed by atoms with E-state index in [1.54, 1.807) is 24.3 Å². The van der Waals surface area contributed by atoms with Gasteiger partial charge in [0.1, 0.15) is 5.82 Å². The zero-order valence-corrected chi connectivity index (χ0v) is 11.6. The van der Waals surface area contributed by atoms with E-state index in [4.69, 9.17) is 23.8 Å². The van der Waals surface area contributed by atoms with Crippen LogP contribution in [0, 0.1) is 10.6 Å². The van der Waals surface area contributed by atoms with Crippen molar-refractivity contribution < 1.29 is 4.39 Å². The van der Waals surface area contributed by atoms with Crippen LogP contribution in [-0.4, -0.2) is 9.55 Å². The summed E-state index contributed by atoms with van der Waals surface area (Å²) in [6.07, 6.45) is 0. The second-order valence-electron chi connectivity index (χ2n) is 4.21. The Labute approximate surface area is 123 Å². The Bertz CT molecular complexity index is 932. The molecule has 0 aliphatic carbocycles. The Kier molecular flexibility index (Phi) is 3.16. The molecule has 1 N–H and O–H groups in total. The van der Waals surface area contributed by atoms with Crippen molar-refractivity contribution in [2.24, 2.45) is 0 Å². The van der Waals surface area contributed by atoms with Crippen molar-refractivity contribution >= 4 is 34.7 Å². The maximum atomic E-state index is 13.4. The first-order valence-corrected chi connectivity index (χ1v) is 6.56. The minimum absolute atomic E-state index is 0.168. The Morgan fingerprint density at radius 1 is 1.20 bits per heavy atom. The molecule has 100 valence electrons. The summed E-state index contributed by atoms with van der Waals surface area (Å²) >= 11 is 11.2. The van der Waals surface area contributed by atoms with Gasteiger partial charge in [0, 0.05) is 0 Å². The molecule has 0 amide bonds. The van der Waals surface area contributed by atoms with E-state index in [-0.39, 0.29) is 21.0 Å². The summed E-state index contributed by atoms with van der Waals surface area (Å²) in [7, 11) is 0. The first-order chi connectivity index (χ1) is 9.58. The Morgan fingerprint density at radius 2 is 1.95 bits per heavy atom. The molecule has 0 atom stereocenters. The van der Waals surface area contributed by atoms with E-state index >= 15 is 0 Å². The number of hydrogen-bond acceptors (Lipinski definition) is 2. The van der Waals surface area contributed by atoms with Crippen LogP contribution in [0.25, 0.3) is 16.6 Å². The Balaban J connectivity index is 2.46. The van der Waals surface area contributed by atoms with Crippen LogP contribution in [0.15, 0.2) is 47.3 Å². The number of para-hydroxylation sites is 1. The predicted molar refractivity (Wildman–Crippen MR) is 79.7 cm³/mol. The Morgan fingerprint density at radius 3 is 2.75 bits per heavy atom. The third-order valence-electron chi connectivity index (χ3n) is 2.95. The molecule has 20 heavy (non-hydrogen) atoms. The summed E-state index contributed by atoms with van der Waals surface area (Å²) in [4.78, 5) is 15.4. The van der Waals surface area contributed by atoms with E-state index in [1.807, 2.05) is 0 Å². The molecule has 0 aliphatic rings. The van der Waals surface area contributed by atoms with Gasteiger partial charge in [-0.1, -0.05) is 23.7 Å². The van der Waals surface area contributed by atoms with E-state index in [0.29, 0.717) is 10.9 Å². The second kappa shape index (κ2) is 4.85. The highest BCUT2D eigenvalue weighted by atomic mass is 35.5. The molecule has 0 unspecified atom stereocenters. The lowest BCUT2D eigenvalue weighted by Gasteiger charge is -2.09. The summed E-state index contributed by atoms with van der Waals surface area (Å²) < 4.78 is 14.8. The standard InChI is InChI=1S/C14H8ClFN2OS/c15-10-6-5-8(16)7-12(10)18-13(19)9-3-1-2-4-11(9)17-14(18)20/h1-7H,(H,17,20). The van der Waals surface area contributed by atoms with Crippen LogP contribution >= 0.6 is 23.8 Å². The minimum Gasteiger partial charge on any atom is -0.331 e. The fourth-order valence-electron chi connectivity index (χ4n) is 2.04. The monoisotopic (exact) mass is 306 g/mol. The van der Waals surface area contributed by atoms with Gasteiger partial charge in [0.2, 0.25) is 0 Å². The van der Waals surface area contributed by atoms with E-state index in [1.165, 1.54) is 22.8 Å². The molecule has 3 rings (SSSR count). The lowest BCUT2D eigenvalue weighted by molar-refractivity contribution is 0.626. The van der Waals surface area contributed by atoms with Crippen LogP contribution in [0.3, 0.4) is 0 Å². The number of rotatable bonds is 1. The van der Waals surface area contributed by atoms with Crippen molar-refractivity contribution in [3.8, 4) is 5.69 Å². The molecule has 0 saturated heterocycles. The van der Waals surface area contributed by atoms with Crippen LogP contribution in [-0.2, 0) is 0 Å². The predicted octanol–water partition coefficient (Wildman–Crippen LogP) is 3.84. The quantitative estimate of drug-likeness (QED) is 0.694. The fraction of sp³-hybridized carbons (Fsp3) is 0. The maximum absolute atomic E-state index is 13.4. The molecule has 0 bridgehead atoms. The molecule has 1 aromatic heterocycles. The summed E-state index contributed by atoms with van der Waals surface area (Å²) in [5.74, 6) is -0.487. The number of aromatic amines is 1. The first kappa shape index (κ1) is 13.0. The van der Waals surface area contributed by atoms with Crippen LogP contribution < -0.4 is 5.56 Å². The third-order valence-corrected chi connectivity index (χ3v) is 3.56. The first-order valence-electron chi connectivity index (χ1n) is 5.77. The number of halogens is 2. The number of benzene rings is 2. The maximum Gasteiger partial charge on any atom is 0.266 e. The average Bonchev–Trinajstić information content (AvgIpc) is 2.42. The number of hydrogen-bond donors (Lipinski definition) is 1. The second-order valence-corrected chi connectivity index (χ2v) is 5.01. The molecule has 3 nitrogen and oxygen atoms in total. The molecule has 1 heterocycles. The highest BCUT2D eigenvalue weighted by Crippen LogP contribution is 2.21. The van der Waals surface area contributed by atoms with Gasteiger partial charge in [0.15, 0.2) is 4.77 Å². The van der Waals surface area contributed by atoms with Gasteiger partial charge >= 0.3 is 0 Å². The lowest BCUT2D eigenvalue weighted by Crippen LogP contribution is -2.20. The van der Waals surface area contributed by atoms with E-state index in [2.05, 4.69) is 4.98 Å². The van der Waals surface area contributed by atoms with Crippen molar-refractivity contribution in [2.45, 2.75) is 0 Å². The normalized spacial score (nSPS) is 10.9. The van der Waals surface area contributed by atoms with E-state index in [0.717, 1.165) is 0 Å². The summed E-state index contributed by atoms with van der Waals surface area (Å²) in [5.41, 5.74) is 0.520. The van der Waals surface area contributed by atoms with Gasteiger partial charge in [-0.2, -0.15) is 0 Å². The van der Waals surface area contributed by atoms with Gasteiger partial charge in [0.25, 0.3) is 5.56 Å². The van der Waals surface area contributed by atoms with Crippen molar-refractivity contribution in [3.05, 3.63) is 68.4 Å². The molecular formula is C14H8ClFN2OS. The highest BCUT2D eigenvalue weighted by molar-refractivity contribution is 7.71. The van der Waals surface area contributed by atoms with Gasteiger partial charge in [-0.25, -0.2) is 4.39 Å². The number of aromatic nitrogens is 2. The van der Waals surface area contributed by atoms with Crippen LogP contribution in [0.2, 0.25) is 5.02 Å². The zero-order valence-electron chi connectivity index (χ0n) is 10.1. The largest absolute Gasteiger partial charge is 0.331 e. The Hall–Kier alpha value is -1.98.